The number of carbonyl (C=O) groups is 2. The largest absolute Gasteiger partial charge is 0.504 e. The molecule has 1 aliphatic heterocycles. The summed E-state index contributed by atoms with van der Waals surface area (Å²) in [5.41, 5.74) is 2.15. The lowest BCUT2D eigenvalue weighted by Crippen LogP contribution is -2.29. The highest BCUT2D eigenvalue weighted by Gasteiger charge is 2.39. The van der Waals surface area contributed by atoms with Crippen LogP contribution in [-0.4, -0.2) is 37.0 Å². The van der Waals surface area contributed by atoms with Gasteiger partial charge in [-0.25, -0.2) is 0 Å². The smallest absolute Gasteiger partial charge is 0.169 e. The Balaban J connectivity index is 1.82. The van der Waals surface area contributed by atoms with Gasteiger partial charge in [0.05, 0.1) is 32.2 Å². The van der Waals surface area contributed by atoms with Gasteiger partial charge in [0.1, 0.15) is 0 Å². The van der Waals surface area contributed by atoms with Gasteiger partial charge in [0.2, 0.25) is 0 Å². The number of hydrogen-bond donors (Lipinski definition) is 1. The molecule has 27 heavy (non-hydrogen) atoms. The molecule has 2 atom stereocenters. The van der Waals surface area contributed by atoms with Crippen molar-refractivity contribution in [2.45, 2.75) is 19.8 Å². The third-order valence-corrected chi connectivity index (χ3v) is 5.08. The molecule has 0 aromatic heterocycles. The number of ketones is 2. The summed E-state index contributed by atoms with van der Waals surface area (Å²) in [5, 5.41) is 9.72. The van der Waals surface area contributed by atoms with E-state index in [0.717, 1.165) is 5.56 Å². The number of Topliss-reactive ketones (excluding diaryl/α,β-unsaturated/α-hetero) is 2. The van der Waals surface area contributed by atoms with Gasteiger partial charge in [-0.15, -0.1) is 0 Å². The van der Waals surface area contributed by atoms with Crippen LogP contribution in [0.2, 0.25) is 0 Å². The molecule has 0 bridgehead atoms. The summed E-state index contributed by atoms with van der Waals surface area (Å²) in [6, 6.07) is 12.0. The summed E-state index contributed by atoms with van der Waals surface area (Å²) in [5.74, 6) is -0.724. The van der Waals surface area contributed by atoms with Crippen molar-refractivity contribution in [3.63, 3.8) is 0 Å². The summed E-state index contributed by atoms with van der Waals surface area (Å²) >= 11 is 0. The first kappa shape index (κ1) is 19.1. The molecule has 0 spiro atoms. The lowest BCUT2D eigenvalue weighted by molar-refractivity contribution is 0.0809. The lowest BCUT2D eigenvalue weighted by atomic mass is 9.83. The van der Waals surface area contributed by atoms with Crippen molar-refractivity contribution in [2.75, 3.05) is 20.3 Å². The topological polar surface area (TPSA) is 72.8 Å². The number of rotatable bonds is 6. The Bertz CT molecular complexity index is 838. The molecule has 1 N–H and O–H groups in total. The Labute approximate surface area is 158 Å². The molecule has 2 aromatic carbocycles. The van der Waals surface area contributed by atoms with Crippen LogP contribution in [0.4, 0.5) is 0 Å². The van der Waals surface area contributed by atoms with Crippen LogP contribution in [0, 0.1) is 11.8 Å². The van der Waals surface area contributed by atoms with Crippen LogP contribution < -0.4 is 4.74 Å². The van der Waals surface area contributed by atoms with Gasteiger partial charge in [-0.3, -0.25) is 9.59 Å². The fraction of sp³-hybridized carbons (Fsp3) is 0.364. The third kappa shape index (κ3) is 3.88. The molecule has 142 valence electrons. The third-order valence-electron chi connectivity index (χ3n) is 5.08. The maximum absolute atomic E-state index is 13.0. The van der Waals surface area contributed by atoms with Crippen LogP contribution in [0.5, 0.6) is 11.5 Å². The van der Waals surface area contributed by atoms with E-state index in [1.165, 1.54) is 25.3 Å². The van der Waals surface area contributed by atoms with E-state index in [1.54, 1.807) is 0 Å². The Kier molecular flexibility index (Phi) is 5.61. The molecule has 0 radical (unpaired) electrons. The second-order valence-electron chi connectivity index (χ2n) is 7.14. The van der Waals surface area contributed by atoms with Crippen LogP contribution in [0.25, 0.3) is 0 Å². The monoisotopic (exact) mass is 368 g/mol. The molecular formula is C22H24O5. The Hall–Kier alpha value is -2.66. The molecule has 5 nitrogen and oxygen atoms in total. The molecule has 1 saturated heterocycles. The molecule has 3 rings (SSSR count). The van der Waals surface area contributed by atoms with Gasteiger partial charge in [0.15, 0.2) is 23.1 Å². The zero-order chi connectivity index (χ0) is 19.6. The fourth-order valence-corrected chi connectivity index (χ4v) is 3.36. The Morgan fingerprint density at radius 2 is 1.56 bits per heavy atom. The lowest BCUT2D eigenvalue weighted by Gasteiger charge is -2.17. The van der Waals surface area contributed by atoms with Gasteiger partial charge in [0, 0.05) is 11.1 Å². The fourth-order valence-electron chi connectivity index (χ4n) is 3.36. The summed E-state index contributed by atoms with van der Waals surface area (Å²) in [7, 11) is 1.43. The van der Waals surface area contributed by atoms with Crippen LogP contribution in [0.1, 0.15) is 46.0 Å². The molecule has 0 unspecified atom stereocenters. The van der Waals surface area contributed by atoms with E-state index in [-0.39, 0.29) is 36.3 Å². The van der Waals surface area contributed by atoms with Gasteiger partial charge < -0.3 is 14.6 Å². The highest BCUT2D eigenvalue weighted by molar-refractivity contribution is 6.05. The maximum atomic E-state index is 13.0. The number of hydrogen-bond acceptors (Lipinski definition) is 5. The minimum atomic E-state index is -0.545. The average molecular weight is 368 g/mol. The molecule has 0 saturated carbocycles. The highest BCUT2D eigenvalue weighted by atomic mass is 16.5. The van der Waals surface area contributed by atoms with Crippen LogP contribution in [0.15, 0.2) is 42.5 Å². The minimum absolute atomic E-state index is 0.0328. The van der Waals surface area contributed by atoms with E-state index < -0.39 is 11.8 Å². The van der Waals surface area contributed by atoms with Crippen molar-refractivity contribution in [3.05, 3.63) is 59.2 Å². The summed E-state index contributed by atoms with van der Waals surface area (Å²) in [4.78, 5) is 25.9. The van der Waals surface area contributed by atoms with E-state index in [9.17, 15) is 14.7 Å². The molecule has 0 aliphatic carbocycles. The molecule has 1 heterocycles. The predicted octanol–water partition coefficient (Wildman–Crippen LogP) is 3.85. The second-order valence-corrected chi connectivity index (χ2v) is 7.14. The maximum Gasteiger partial charge on any atom is 0.169 e. The first-order valence-corrected chi connectivity index (χ1v) is 9.05. The van der Waals surface area contributed by atoms with Crippen molar-refractivity contribution in [2.24, 2.45) is 11.8 Å². The van der Waals surface area contributed by atoms with Gasteiger partial charge in [0.25, 0.3) is 0 Å². The number of aromatic hydroxyl groups is 1. The quantitative estimate of drug-likeness (QED) is 0.784. The van der Waals surface area contributed by atoms with Crippen molar-refractivity contribution in [3.8, 4) is 11.5 Å². The Morgan fingerprint density at radius 3 is 2.11 bits per heavy atom. The standard InChI is InChI=1S/C22H24O5/c1-13(2)14-4-6-15(7-5-14)21(24)17-11-27-12-18(17)22(25)16-8-9-19(23)20(10-16)26-3/h4-10,13,17-18,23H,11-12H2,1-3H3/t17-,18-/m0/s1. The van der Waals surface area contributed by atoms with Gasteiger partial charge in [-0.05, 0) is 29.7 Å². The first-order chi connectivity index (χ1) is 12.9. The summed E-state index contributed by atoms with van der Waals surface area (Å²) < 4.78 is 10.5. The highest BCUT2D eigenvalue weighted by Crippen LogP contribution is 2.32. The molecule has 2 aromatic rings. The number of ether oxygens (including phenoxy) is 2. The summed E-state index contributed by atoms with van der Waals surface area (Å²) in [6.07, 6.45) is 0. The predicted molar refractivity (Wildman–Crippen MR) is 102 cm³/mol. The van der Waals surface area contributed by atoms with E-state index in [2.05, 4.69) is 13.8 Å². The SMILES string of the molecule is COc1cc(C(=O)[C@H]2COC[C@@H]2C(=O)c2ccc(C(C)C)cc2)ccc1O. The Morgan fingerprint density at radius 1 is 1.00 bits per heavy atom. The number of methoxy groups -OCH3 is 1. The second kappa shape index (κ2) is 7.92. The van der Waals surface area contributed by atoms with Crippen LogP contribution >= 0.6 is 0 Å². The van der Waals surface area contributed by atoms with Crippen molar-refractivity contribution < 1.29 is 24.2 Å². The molecule has 1 aliphatic rings. The molecule has 0 amide bonds. The normalized spacial score (nSPS) is 19.3. The number of benzene rings is 2. The van der Waals surface area contributed by atoms with Crippen LogP contribution in [-0.2, 0) is 4.74 Å². The van der Waals surface area contributed by atoms with E-state index in [0.29, 0.717) is 17.0 Å². The van der Waals surface area contributed by atoms with Crippen molar-refractivity contribution in [1.82, 2.24) is 0 Å². The zero-order valence-corrected chi connectivity index (χ0v) is 15.8. The van der Waals surface area contributed by atoms with Gasteiger partial charge in [-0.2, -0.15) is 0 Å². The van der Waals surface area contributed by atoms with Crippen molar-refractivity contribution >= 4 is 11.6 Å². The number of carbonyl (C=O) groups excluding carboxylic acids is 2. The van der Waals surface area contributed by atoms with Gasteiger partial charge >= 0.3 is 0 Å². The molecular weight excluding hydrogens is 344 g/mol. The van der Waals surface area contributed by atoms with Crippen molar-refractivity contribution in [1.29, 1.82) is 0 Å². The number of phenolic OH excluding ortho intramolecular Hbond substituents is 1. The minimum Gasteiger partial charge on any atom is -0.504 e. The van der Waals surface area contributed by atoms with E-state index >= 15 is 0 Å². The zero-order valence-electron chi connectivity index (χ0n) is 15.8. The van der Waals surface area contributed by atoms with Crippen LogP contribution in [0.3, 0.4) is 0 Å². The first-order valence-electron chi connectivity index (χ1n) is 9.05. The van der Waals surface area contributed by atoms with E-state index in [1.807, 2.05) is 24.3 Å². The molecule has 1 fully saturated rings. The average Bonchev–Trinajstić information content (AvgIpc) is 3.17. The number of phenols is 1. The summed E-state index contributed by atoms with van der Waals surface area (Å²) in [6.45, 7) is 4.64. The van der Waals surface area contributed by atoms with E-state index in [4.69, 9.17) is 9.47 Å². The molecule has 5 heteroatoms. The van der Waals surface area contributed by atoms with Gasteiger partial charge in [-0.1, -0.05) is 38.1 Å².